The zero-order valence-electron chi connectivity index (χ0n) is 19.5. The quantitative estimate of drug-likeness (QED) is 0.602. The Bertz CT molecular complexity index is 665. The molecule has 1 aromatic carbocycles. The van der Waals surface area contributed by atoms with Gasteiger partial charge in [0.05, 0.1) is 6.04 Å². The van der Waals surface area contributed by atoms with Crippen LogP contribution in [0.5, 0.6) is 0 Å². The van der Waals surface area contributed by atoms with Crippen LogP contribution in [0.3, 0.4) is 0 Å². The summed E-state index contributed by atoms with van der Waals surface area (Å²) in [5.41, 5.74) is 3.70. The van der Waals surface area contributed by atoms with Crippen molar-refractivity contribution in [3.05, 3.63) is 35.9 Å². The Morgan fingerprint density at radius 2 is 1.72 bits per heavy atom. The number of rotatable bonds is 5. The van der Waals surface area contributed by atoms with Crippen molar-refractivity contribution in [1.82, 2.24) is 10.4 Å². The van der Waals surface area contributed by atoms with Crippen molar-refractivity contribution >= 4 is 14.4 Å². The number of nitrogens with zero attached hydrogens (tertiary/aromatic N) is 1. The Morgan fingerprint density at radius 3 is 2.28 bits per heavy atom. The number of nitrogens with one attached hydrogen (secondary N) is 1. The molecule has 29 heavy (non-hydrogen) atoms. The highest BCUT2D eigenvalue weighted by Gasteiger charge is 2.39. The van der Waals surface area contributed by atoms with E-state index >= 15 is 0 Å². The van der Waals surface area contributed by atoms with Crippen molar-refractivity contribution in [2.24, 2.45) is 5.92 Å². The molecule has 0 radical (unpaired) electrons. The first-order chi connectivity index (χ1) is 13.3. The topological polar surface area (TPSA) is 50.8 Å². The summed E-state index contributed by atoms with van der Waals surface area (Å²) >= 11 is 0. The van der Waals surface area contributed by atoms with Gasteiger partial charge in [-0.2, -0.15) is 0 Å². The van der Waals surface area contributed by atoms with Crippen LogP contribution >= 0.6 is 0 Å². The molecule has 1 aliphatic rings. The Labute approximate surface area is 178 Å². The van der Waals surface area contributed by atoms with Crippen LogP contribution in [0.25, 0.3) is 0 Å². The van der Waals surface area contributed by atoms with E-state index in [0.717, 1.165) is 26.0 Å². The first-order valence-electron chi connectivity index (χ1n) is 10.7. The number of amides is 1. The molecule has 1 aliphatic heterocycles. The maximum Gasteiger partial charge on any atom is 0.422 e. The van der Waals surface area contributed by atoms with Crippen molar-refractivity contribution in [3.8, 4) is 0 Å². The highest BCUT2D eigenvalue weighted by Crippen LogP contribution is 2.38. The second-order valence-electron chi connectivity index (χ2n) is 10.7. The molecule has 1 saturated heterocycles. The maximum atomic E-state index is 12.5. The molecular formula is C23H40N2O3Si. The Kier molecular flexibility index (Phi) is 7.57. The summed E-state index contributed by atoms with van der Waals surface area (Å²) in [4.78, 5) is 12.5. The zero-order chi connectivity index (χ0) is 21.9. The van der Waals surface area contributed by atoms with E-state index in [-0.39, 0.29) is 11.1 Å². The van der Waals surface area contributed by atoms with Crippen molar-refractivity contribution in [2.75, 3.05) is 13.2 Å². The molecule has 0 aliphatic carbocycles. The number of hydrogen-bond donors (Lipinski definition) is 1. The van der Waals surface area contributed by atoms with Crippen LogP contribution in [0.1, 0.15) is 66.0 Å². The standard InChI is InChI=1S/C23H40N2O3Si/c1-22(2,3)28-21(26)24-25-16-18(17-27-29(7,8)23(4,5)6)14-15-20(25)19-12-10-9-11-13-19/h9-13,18,20H,14-17H2,1-8H3,(H,24,26). The van der Waals surface area contributed by atoms with Gasteiger partial charge < -0.3 is 9.16 Å². The number of hydrazine groups is 1. The fraction of sp³-hybridized carbons (Fsp3) is 0.696. The summed E-state index contributed by atoms with van der Waals surface area (Å²) < 4.78 is 12.0. The van der Waals surface area contributed by atoms with E-state index in [4.69, 9.17) is 9.16 Å². The summed E-state index contributed by atoms with van der Waals surface area (Å²) in [5, 5.41) is 2.25. The second-order valence-corrected chi connectivity index (χ2v) is 15.5. The Balaban J connectivity index is 2.08. The number of carbonyl (C=O) groups is 1. The summed E-state index contributed by atoms with van der Waals surface area (Å²) in [7, 11) is -1.79. The molecular weight excluding hydrogens is 380 g/mol. The number of carbonyl (C=O) groups excluding carboxylic acids is 1. The lowest BCUT2D eigenvalue weighted by molar-refractivity contribution is 0.00102. The Hall–Kier alpha value is -1.37. The van der Waals surface area contributed by atoms with Crippen LogP contribution in [-0.2, 0) is 9.16 Å². The van der Waals surface area contributed by atoms with Crippen LogP contribution in [0.15, 0.2) is 30.3 Å². The van der Waals surface area contributed by atoms with Crippen LogP contribution in [-0.4, -0.2) is 38.2 Å². The van der Waals surface area contributed by atoms with Gasteiger partial charge >= 0.3 is 6.09 Å². The minimum absolute atomic E-state index is 0.146. The molecule has 0 saturated carbocycles. The van der Waals surface area contributed by atoms with Gasteiger partial charge in [0.15, 0.2) is 8.32 Å². The Morgan fingerprint density at radius 1 is 1.10 bits per heavy atom. The second kappa shape index (κ2) is 9.19. The van der Waals surface area contributed by atoms with E-state index in [9.17, 15) is 4.79 Å². The monoisotopic (exact) mass is 420 g/mol. The van der Waals surface area contributed by atoms with Gasteiger partial charge in [-0.3, -0.25) is 5.43 Å². The number of piperidine rings is 1. The van der Waals surface area contributed by atoms with Gasteiger partial charge in [-0.25, -0.2) is 9.80 Å². The largest absolute Gasteiger partial charge is 0.443 e. The van der Waals surface area contributed by atoms with Gasteiger partial charge in [0.2, 0.25) is 0 Å². The molecule has 6 heteroatoms. The SMILES string of the molecule is CC(C)(C)OC(=O)NN1CC(CO[Si](C)(C)C(C)(C)C)CCC1c1ccccc1. The lowest BCUT2D eigenvalue weighted by Crippen LogP contribution is -2.52. The molecule has 1 heterocycles. The lowest BCUT2D eigenvalue weighted by atomic mass is 9.91. The third kappa shape index (κ3) is 7.12. The summed E-state index contributed by atoms with van der Waals surface area (Å²) in [6.45, 7) is 18.5. The van der Waals surface area contributed by atoms with Crippen molar-refractivity contribution in [1.29, 1.82) is 0 Å². The molecule has 1 amide bonds. The van der Waals surface area contributed by atoms with Crippen molar-refractivity contribution in [2.45, 2.75) is 84.2 Å². The molecule has 5 nitrogen and oxygen atoms in total. The highest BCUT2D eigenvalue weighted by molar-refractivity contribution is 6.74. The summed E-state index contributed by atoms with van der Waals surface area (Å²) in [5.74, 6) is 0.388. The highest BCUT2D eigenvalue weighted by atomic mass is 28.4. The molecule has 164 valence electrons. The fourth-order valence-corrected chi connectivity index (χ4v) is 4.37. The van der Waals surface area contributed by atoms with Crippen LogP contribution in [0, 0.1) is 5.92 Å². The third-order valence-corrected chi connectivity index (χ3v) is 10.5. The summed E-state index contributed by atoms with van der Waals surface area (Å²) in [6, 6.07) is 10.5. The summed E-state index contributed by atoms with van der Waals surface area (Å²) in [6.07, 6.45) is 1.66. The molecule has 1 N–H and O–H groups in total. The van der Waals surface area contributed by atoms with Crippen LogP contribution in [0.2, 0.25) is 18.1 Å². The predicted molar refractivity (Wildman–Crippen MR) is 121 cm³/mol. The van der Waals surface area contributed by atoms with E-state index in [1.165, 1.54) is 5.56 Å². The van der Waals surface area contributed by atoms with E-state index in [2.05, 4.69) is 51.4 Å². The average molecular weight is 421 g/mol. The smallest absolute Gasteiger partial charge is 0.422 e. The van der Waals surface area contributed by atoms with Crippen molar-refractivity contribution in [3.63, 3.8) is 0 Å². The third-order valence-electron chi connectivity index (χ3n) is 5.98. The van der Waals surface area contributed by atoms with Gasteiger partial charge in [0, 0.05) is 13.2 Å². The van der Waals surface area contributed by atoms with E-state index in [0.29, 0.717) is 5.92 Å². The maximum absolute atomic E-state index is 12.5. The molecule has 1 aromatic rings. The number of ether oxygens (including phenoxy) is 1. The van der Waals surface area contributed by atoms with Gasteiger partial charge in [0.1, 0.15) is 5.60 Å². The lowest BCUT2D eigenvalue weighted by Gasteiger charge is -2.42. The first kappa shape index (κ1) is 23.9. The fourth-order valence-electron chi connectivity index (χ4n) is 3.29. The average Bonchev–Trinajstić information content (AvgIpc) is 2.58. The van der Waals surface area contributed by atoms with E-state index in [1.807, 2.05) is 44.0 Å². The van der Waals surface area contributed by atoms with Crippen LogP contribution in [0.4, 0.5) is 4.79 Å². The molecule has 2 unspecified atom stereocenters. The molecule has 2 atom stereocenters. The predicted octanol–water partition coefficient (Wildman–Crippen LogP) is 5.90. The molecule has 0 spiro atoms. The van der Waals surface area contributed by atoms with Gasteiger partial charge in [-0.05, 0) is 63.2 Å². The molecule has 2 rings (SSSR count). The number of benzene rings is 1. The van der Waals surface area contributed by atoms with Gasteiger partial charge in [-0.15, -0.1) is 0 Å². The van der Waals surface area contributed by atoms with E-state index < -0.39 is 20.0 Å². The van der Waals surface area contributed by atoms with E-state index in [1.54, 1.807) is 0 Å². The number of hydrogen-bond acceptors (Lipinski definition) is 4. The molecule has 1 fully saturated rings. The van der Waals surface area contributed by atoms with Gasteiger partial charge in [-0.1, -0.05) is 51.1 Å². The minimum atomic E-state index is -1.79. The zero-order valence-corrected chi connectivity index (χ0v) is 20.5. The molecule has 0 aromatic heterocycles. The molecule has 0 bridgehead atoms. The minimum Gasteiger partial charge on any atom is -0.443 e. The first-order valence-corrected chi connectivity index (χ1v) is 13.6. The van der Waals surface area contributed by atoms with Crippen molar-refractivity contribution < 1.29 is 14.0 Å². The van der Waals surface area contributed by atoms with Crippen LogP contribution < -0.4 is 5.43 Å². The normalized spacial score (nSPS) is 21.7. The van der Waals surface area contributed by atoms with Gasteiger partial charge in [0.25, 0.3) is 0 Å².